The van der Waals surface area contributed by atoms with Gasteiger partial charge in [0.2, 0.25) is 0 Å². The fourth-order valence-electron chi connectivity index (χ4n) is 2.96. The molecule has 1 saturated heterocycles. The van der Waals surface area contributed by atoms with Crippen molar-refractivity contribution in [2.24, 2.45) is 0 Å². The largest absolute Gasteiger partial charge is 0.466 e. The van der Waals surface area contributed by atoms with Gasteiger partial charge in [0.25, 0.3) is 5.69 Å². The molecule has 0 saturated carbocycles. The van der Waals surface area contributed by atoms with Gasteiger partial charge in [0, 0.05) is 30.9 Å². The van der Waals surface area contributed by atoms with Gasteiger partial charge >= 0.3 is 12.1 Å². The molecular formula is C16H19F3N2O5. The number of carbonyl (C=O) groups excluding carboxylic acids is 1. The number of nitro groups is 1. The number of benzene rings is 1. The first-order valence-corrected chi connectivity index (χ1v) is 8.04. The Hall–Kier alpha value is -2.36. The van der Waals surface area contributed by atoms with Crippen LogP contribution in [0.15, 0.2) is 18.2 Å². The molecule has 1 aromatic carbocycles. The maximum atomic E-state index is 13.3. The summed E-state index contributed by atoms with van der Waals surface area (Å²) in [6.45, 7) is 1.98. The van der Waals surface area contributed by atoms with Crippen LogP contribution in [0.5, 0.6) is 0 Å². The van der Waals surface area contributed by atoms with Crippen molar-refractivity contribution in [3.63, 3.8) is 0 Å². The monoisotopic (exact) mass is 376 g/mol. The molecule has 0 aromatic heterocycles. The lowest BCUT2D eigenvalue weighted by Crippen LogP contribution is -2.46. The summed E-state index contributed by atoms with van der Waals surface area (Å²) in [7, 11) is 0. The predicted molar refractivity (Wildman–Crippen MR) is 85.7 cm³/mol. The van der Waals surface area contributed by atoms with Crippen molar-refractivity contribution in [2.45, 2.75) is 38.0 Å². The molecule has 26 heavy (non-hydrogen) atoms. The van der Waals surface area contributed by atoms with E-state index in [2.05, 4.69) is 0 Å². The molecule has 1 aliphatic heterocycles. The van der Waals surface area contributed by atoms with Crippen LogP contribution in [0, 0.1) is 10.1 Å². The highest BCUT2D eigenvalue weighted by Crippen LogP contribution is 2.40. The molecular weight excluding hydrogens is 357 g/mol. The smallest absolute Gasteiger partial charge is 0.418 e. The highest BCUT2D eigenvalue weighted by Gasteiger charge is 2.40. The Morgan fingerprint density at radius 1 is 1.38 bits per heavy atom. The van der Waals surface area contributed by atoms with E-state index in [0.29, 0.717) is 6.07 Å². The van der Waals surface area contributed by atoms with E-state index in [0.717, 1.165) is 12.1 Å². The third kappa shape index (κ3) is 4.63. The van der Waals surface area contributed by atoms with Crippen LogP contribution in [0.25, 0.3) is 0 Å². The van der Waals surface area contributed by atoms with Gasteiger partial charge in [-0.25, -0.2) is 0 Å². The average Bonchev–Trinajstić information content (AvgIpc) is 2.54. The van der Waals surface area contributed by atoms with Gasteiger partial charge in [-0.05, 0) is 25.8 Å². The van der Waals surface area contributed by atoms with Crippen LogP contribution >= 0.6 is 0 Å². The second-order valence-corrected chi connectivity index (χ2v) is 6.15. The molecule has 0 spiro atoms. The normalized spacial score (nSPS) is 17.0. The number of piperidine rings is 1. The minimum absolute atomic E-state index is 0.0802. The number of hydrogen-bond acceptors (Lipinski definition) is 6. The number of alkyl halides is 3. The van der Waals surface area contributed by atoms with E-state index in [-0.39, 0.29) is 44.6 Å². The first-order chi connectivity index (χ1) is 12.1. The van der Waals surface area contributed by atoms with Gasteiger partial charge in [-0.1, -0.05) is 0 Å². The van der Waals surface area contributed by atoms with Gasteiger partial charge in [-0.15, -0.1) is 0 Å². The average molecular weight is 376 g/mol. The molecule has 0 bridgehead atoms. The number of nitrogens with zero attached hydrogens (tertiary/aromatic N) is 2. The van der Waals surface area contributed by atoms with Gasteiger partial charge in [-0.3, -0.25) is 14.9 Å². The number of rotatable bonds is 5. The summed E-state index contributed by atoms with van der Waals surface area (Å²) in [6, 6.07) is 2.59. The van der Waals surface area contributed by atoms with Crippen LogP contribution in [-0.4, -0.2) is 41.3 Å². The molecule has 7 nitrogen and oxygen atoms in total. The fraction of sp³-hybridized carbons (Fsp3) is 0.562. The van der Waals surface area contributed by atoms with Crippen LogP contribution in [-0.2, 0) is 15.7 Å². The van der Waals surface area contributed by atoms with Crippen molar-refractivity contribution < 1.29 is 32.7 Å². The van der Waals surface area contributed by atoms with Crippen molar-refractivity contribution >= 4 is 17.3 Å². The number of ether oxygens (including phenoxy) is 1. The quantitative estimate of drug-likeness (QED) is 0.483. The van der Waals surface area contributed by atoms with Crippen molar-refractivity contribution in [1.29, 1.82) is 0 Å². The lowest BCUT2D eigenvalue weighted by molar-refractivity contribution is -0.385. The number of anilines is 1. The Balaban J connectivity index is 2.18. The fourth-order valence-corrected chi connectivity index (χ4v) is 2.96. The summed E-state index contributed by atoms with van der Waals surface area (Å²) in [4.78, 5) is 22.8. The summed E-state index contributed by atoms with van der Waals surface area (Å²) in [5.74, 6) is -0.560. The first-order valence-electron chi connectivity index (χ1n) is 8.04. The summed E-state index contributed by atoms with van der Waals surface area (Å²) >= 11 is 0. The van der Waals surface area contributed by atoms with E-state index in [9.17, 15) is 33.2 Å². The minimum atomic E-state index is -4.75. The van der Waals surface area contributed by atoms with Gasteiger partial charge < -0.3 is 14.7 Å². The minimum Gasteiger partial charge on any atom is -0.466 e. The number of halogens is 3. The van der Waals surface area contributed by atoms with Crippen LogP contribution in [0.3, 0.4) is 0 Å². The number of carbonyl (C=O) groups is 1. The van der Waals surface area contributed by atoms with Gasteiger partial charge in [0.15, 0.2) is 0 Å². The topological polar surface area (TPSA) is 92.9 Å². The molecule has 0 aliphatic carbocycles. The van der Waals surface area contributed by atoms with Gasteiger partial charge in [-0.2, -0.15) is 13.2 Å². The van der Waals surface area contributed by atoms with Crippen LogP contribution in [0.2, 0.25) is 0 Å². The number of nitro benzene ring substituents is 1. The Bertz CT molecular complexity index is 685. The molecule has 0 unspecified atom stereocenters. The maximum absolute atomic E-state index is 13.3. The van der Waals surface area contributed by atoms with Gasteiger partial charge in [0.05, 0.1) is 29.1 Å². The molecule has 0 amide bonds. The Kier molecular flexibility index (Phi) is 5.74. The Morgan fingerprint density at radius 3 is 2.50 bits per heavy atom. The Morgan fingerprint density at radius 2 is 2.00 bits per heavy atom. The van der Waals surface area contributed by atoms with E-state index >= 15 is 0 Å². The van der Waals surface area contributed by atoms with Gasteiger partial charge in [0.1, 0.15) is 0 Å². The van der Waals surface area contributed by atoms with E-state index in [1.54, 1.807) is 6.92 Å². The number of esters is 1. The number of hydrogen-bond donors (Lipinski definition) is 1. The molecule has 0 atom stereocenters. The molecule has 0 radical (unpaired) electrons. The number of non-ortho nitro benzene ring substituents is 1. The van der Waals surface area contributed by atoms with E-state index in [4.69, 9.17) is 4.74 Å². The SMILES string of the molecule is CCOC(=O)CC1(O)CCN(c2ccc([N+](=O)[O-])cc2C(F)(F)F)CC1. The predicted octanol–water partition coefficient (Wildman–Crippen LogP) is 2.90. The van der Waals surface area contributed by atoms with E-state index in [1.807, 2.05) is 0 Å². The molecule has 1 N–H and O–H groups in total. The summed E-state index contributed by atoms with van der Waals surface area (Å²) in [5, 5.41) is 21.2. The van der Waals surface area contributed by atoms with Crippen molar-refractivity contribution in [3.8, 4) is 0 Å². The molecule has 2 rings (SSSR count). The van der Waals surface area contributed by atoms with Crippen LogP contribution in [0.1, 0.15) is 31.7 Å². The van der Waals surface area contributed by atoms with E-state index < -0.39 is 33.9 Å². The zero-order valence-corrected chi connectivity index (χ0v) is 14.1. The van der Waals surface area contributed by atoms with Crippen LogP contribution < -0.4 is 4.90 Å². The molecule has 1 aromatic rings. The second kappa shape index (κ2) is 7.48. The molecule has 1 aliphatic rings. The number of aliphatic hydroxyl groups is 1. The Labute approximate surface area is 147 Å². The maximum Gasteiger partial charge on any atom is 0.418 e. The highest BCUT2D eigenvalue weighted by atomic mass is 19.4. The molecule has 144 valence electrons. The summed E-state index contributed by atoms with van der Waals surface area (Å²) in [5.41, 5.74) is -3.25. The van der Waals surface area contributed by atoms with Crippen molar-refractivity contribution in [3.05, 3.63) is 33.9 Å². The van der Waals surface area contributed by atoms with Crippen molar-refractivity contribution in [2.75, 3.05) is 24.6 Å². The molecule has 1 heterocycles. The first kappa shape index (κ1) is 20.0. The van der Waals surface area contributed by atoms with E-state index in [1.165, 1.54) is 4.90 Å². The highest BCUT2D eigenvalue weighted by molar-refractivity contribution is 5.70. The lowest BCUT2D eigenvalue weighted by Gasteiger charge is -2.39. The standard InChI is InChI=1S/C16H19F3N2O5/c1-2-26-14(22)10-15(23)5-7-20(8-6-15)13-4-3-11(21(24)25)9-12(13)16(17,18)19/h3-4,9,23H,2,5-8,10H2,1H3. The zero-order valence-electron chi connectivity index (χ0n) is 14.1. The lowest BCUT2D eigenvalue weighted by atomic mass is 9.88. The molecule has 1 fully saturated rings. The summed E-state index contributed by atoms with van der Waals surface area (Å²) in [6.07, 6.45) is -4.80. The zero-order chi connectivity index (χ0) is 19.5. The van der Waals surface area contributed by atoms with Crippen LogP contribution in [0.4, 0.5) is 24.5 Å². The third-order valence-corrected chi connectivity index (χ3v) is 4.31. The second-order valence-electron chi connectivity index (χ2n) is 6.15. The summed E-state index contributed by atoms with van der Waals surface area (Å²) < 4.78 is 44.7. The molecule has 10 heteroatoms. The van der Waals surface area contributed by atoms with Crippen molar-refractivity contribution in [1.82, 2.24) is 0 Å². The third-order valence-electron chi connectivity index (χ3n) is 4.31.